The van der Waals surface area contributed by atoms with Crippen LogP contribution in [0, 0.1) is 10.1 Å². The number of halogens is 4. The number of benzene rings is 2. The van der Waals surface area contributed by atoms with Gasteiger partial charge in [0.25, 0.3) is 5.69 Å². The second-order valence-electron chi connectivity index (χ2n) is 5.18. The zero-order valence-electron chi connectivity index (χ0n) is 12.5. The molecule has 0 aromatic heterocycles. The fourth-order valence-corrected chi connectivity index (χ4v) is 3.54. The van der Waals surface area contributed by atoms with E-state index in [2.05, 4.69) is 10.4 Å². The smallest absolute Gasteiger partial charge is 0.271 e. The summed E-state index contributed by atoms with van der Waals surface area (Å²) in [6, 6.07) is 7.33. The van der Waals surface area contributed by atoms with Crippen molar-refractivity contribution in [2.45, 2.75) is 6.42 Å². The summed E-state index contributed by atoms with van der Waals surface area (Å²) in [5.41, 5.74) is 0.894. The fourth-order valence-electron chi connectivity index (χ4n) is 2.37. The predicted molar refractivity (Wildman–Crippen MR) is 103 cm³/mol. The molecule has 0 radical (unpaired) electrons. The van der Waals surface area contributed by atoms with Gasteiger partial charge in [-0.2, -0.15) is 5.10 Å². The molecule has 0 amide bonds. The van der Waals surface area contributed by atoms with Crippen molar-refractivity contribution in [3.05, 3.63) is 60.5 Å². The van der Waals surface area contributed by atoms with Crippen LogP contribution in [0.15, 0.2) is 35.4 Å². The van der Waals surface area contributed by atoms with Crippen LogP contribution in [0.2, 0.25) is 20.1 Å². The summed E-state index contributed by atoms with van der Waals surface area (Å²) in [5, 5.41) is 21.5. The van der Waals surface area contributed by atoms with E-state index in [4.69, 9.17) is 46.4 Å². The number of nitro benzene ring substituents is 1. The van der Waals surface area contributed by atoms with Crippen LogP contribution in [-0.4, -0.2) is 17.3 Å². The largest absolute Gasteiger partial charge is 0.341 e. The highest BCUT2D eigenvalue weighted by atomic mass is 35.5. The van der Waals surface area contributed by atoms with Crippen LogP contribution in [0.5, 0.6) is 0 Å². The number of non-ortho nitro benzene ring substituents is 1. The molecule has 130 valence electrons. The maximum absolute atomic E-state index is 10.9. The normalized spacial score (nSPS) is 13.8. The molecule has 0 atom stereocenters. The quantitative estimate of drug-likeness (QED) is 0.500. The van der Waals surface area contributed by atoms with Gasteiger partial charge in [0.05, 0.1) is 31.4 Å². The van der Waals surface area contributed by atoms with Crippen LogP contribution in [0.4, 0.5) is 17.1 Å². The molecule has 3 rings (SSSR count). The number of hydrogen-bond acceptors (Lipinski definition) is 5. The van der Waals surface area contributed by atoms with E-state index in [0.717, 1.165) is 0 Å². The lowest BCUT2D eigenvalue weighted by Crippen LogP contribution is -2.12. The van der Waals surface area contributed by atoms with E-state index in [-0.39, 0.29) is 5.69 Å². The van der Waals surface area contributed by atoms with E-state index in [9.17, 15) is 10.1 Å². The van der Waals surface area contributed by atoms with E-state index in [1.807, 2.05) is 0 Å². The molecule has 1 aliphatic heterocycles. The first-order valence-electron chi connectivity index (χ1n) is 7.05. The Kier molecular flexibility index (Phi) is 5.24. The maximum Gasteiger partial charge on any atom is 0.271 e. The number of nitro groups is 1. The Hall–Kier alpha value is -1.73. The maximum atomic E-state index is 10.9. The first-order valence-corrected chi connectivity index (χ1v) is 8.57. The second-order valence-corrected chi connectivity index (χ2v) is 6.84. The molecule has 10 heteroatoms. The lowest BCUT2D eigenvalue weighted by molar-refractivity contribution is -0.384. The summed E-state index contributed by atoms with van der Waals surface area (Å²) in [5.74, 6) is 0.587. The molecule has 2 aromatic carbocycles. The predicted octanol–water partition coefficient (Wildman–Crippen LogP) is 5.84. The van der Waals surface area contributed by atoms with E-state index in [1.54, 1.807) is 17.1 Å². The second kappa shape index (κ2) is 7.25. The molecule has 2 aromatic rings. The highest BCUT2D eigenvalue weighted by molar-refractivity contribution is 6.41. The molecule has 6 nitrogen and oxygen atoms in total. The van der Waals surface area contributed by atoms with Crippen LogP contribution < -0.4 is 10.3 Å². The molecule has 0 saturated heterocycles. The molecule has 0 aliphatic carbocycles. The van der Waals surface area contributed by atoms with Gasteiger partial charge in [0, 0.05) is 30.1 Å². The SMILES string of the molecule is O=[N+]([O-])c1ccc(Cl)c(NC2=NN(c3c(Cl)cc(Cl)cc3Cl)CC2)c1. The molecule has 1 N–H and O–H groups in total. The molecule has 1 aliphatic rings. The summed E-state index contributed by atoms with van der Waals surface area (Å²) in [6.07, 6.45) is 0.564. The van der Waals surface area contributed by atoms with Gasteiger partial charge < -0.3 is 5.32 Å². The van der Waals surface area contributed by atoms with Crippen LogP contribution in [-0.2, 0) is 0 Å². The van der Waals surface area contributed by atoms with Crippen LogP contribution >= 0.6 is 46.4 Å². The molecule has 0 saturated carbocycles. The Bertz CT molecular complexity index is 865. The van der Waals surface area contributed by atoms with Crippen molar-refractivity contribution in [2.24, 2.45) is 5.10 Å². The monoisotopic (exact) mass is 418 g/mol. The molecule has 0 unspecified atom stereocenters. The van der Waals surface area contributed by atoms with E-state index in [1.165, 1.54) is 18.2 Å². The number of nitrogens with one attached hydrogen (secondary N) is 1. The van der Waals surface area contributed by atoms with E-state index < -0.39 is 4.92 Å². The van der Waals surface area contributed by atoms with Gasteiger partial charge in [-0.25, -0.2) is 0 Å². The van der Waals surface area contributed by atoms with Gasteiger partial charge >= 0.3 is 0 Å². The van der Waals surface area contributed by atoms with Crippen molar-refractivity contribution in [1.29, 1.82) is 0 Å². The van der Waals surface area contributed by atoms with Crippen LogP contribution in [0.3, 0.4) is 0 Å². The van der Waals surface area contributed by atoms with Crippen molar-refractivity contribution in [3.8, 4) is 0 Å². The van der Waals surface area contributed by atoms with Gasteiger partial charge in [-0.1, -0.05) is 46.4 Å². The number of rotatable bonds is 3. The van der Waals surface area contributed by atoms with Gasteiger partial charge in [0.2, 0.25) is 0 Å². The minimum absolute atomic E-state index is 0.0638. The van der Waals surface area contributed by atoms with Crippen molar-refractivity contribution in [2.75, 3.05) is 16.9 Å². The summed E-state index contributed by atoms with van der Waals surface area (Å²) in [4.78, 5) is 10.4. The van der Waals surface area contributed by atoms with Crippen molar-refractivity contribution in [3.63, 3.8) is 0 Å². The zero-order valence-corrected chi connectivity index (χ0v) is 15.5. The fraction of sp³-hybridized carbons (Fsp3) is 0.133. The molecule has 25 heavy (non-hydrogen) atoms. The number of hydrazone groups is 1. The summed E-state index contributed by atoms with van der Waals surface area (Å²) in [6.45, 7) is 0.538. The highest BCUT2D eigenvalue weighted by Gasteiger charge is 2.22. The standard InChI is InChI=1S/C15H10Cl4N4O2/c16-8-5-11(18)15(12(19)6-8)22-4-3-14(21-22)20-13-7-9(23(24)25)1-2-10(13)17/h1-2,5-7H,3-4H2,(H,20,21). The van der Waals surface area contributed by atoms with Crippen molar-refractivity contribution < 1.29 is 4.92 Å². The van der Waals surface area contributed by atoms with Gasteiger partial charge in [0.15, 0.2) is 0 Å². The molecule has 0 spiro atoms. The Morgan fingerprint density at radius 2 is 1.76 bits per heavy atom. The number of nitrogens with zero attached hydrogens (tertiary/aromatic N) is 3. The molecule has 0 bridgehead atoms. The van der Waals surface area contributed by atoms with Crippen LogP contribution in [0.1, 0.15) is 6.42 Å². The number of amidine groups is 1. The average molecular weight is 420 g/mol. The third-order valence-electron chi connectivity index (χ3n) is 3.48. The van der Waals surface area contributed by atoms with Gasteiger partial charge in [-0.15, -0.1) is 0 Å². The molecule has 1 heterocycles. The summed E-state index contributed by atoms with van der Waals surface area (Å²) >= 11 is 24.4. The van der Waals surface area contributed by atoms with Crippen LogP contribution in [0.25, 0.3) is 0 Å². The number of hydrogen-bond donors (Lipinski definition) is 1. The Morgan fingerprint density at radius 1 is 1.08 bits per heavy atom. The molecular weight excluding hydrogens is 410 g/mol. The topological polar surface area (TPSA) is 70.8 Å². The highest BCUT2D eigenvalue weighted by Crippen LogP contribution is 2.38. The first kappa shape index (κ1) is 18.1. The first-order chi connectivity index (χ1) is 11.8. The third kappa shape index (κ3) is 3.93. The minimum Gasteiger partial charge on any atom is -0.341 e. The number of anilines is 2. The summed E-state index contributed by atoms with van der Waals surface area (Å²) in [7, 11) is 0. The zero-order chi connectivity index (χ0) is 18.1. The third-order valence-corrected chi connectivity index (χ3v) is 4.61. The molecule has 0 fully saturated rings. The molecular formula is C15H10Cl4N4O2. The Morgan fingerprint density at radius 3 is 2.40 bits per heavy atom. The average Bonchev–Trinajstić information content (AvgIpc) is 2.96. The minimum atomic E-state index is -0.489. The Labute approximate surface area is 163 Å². The van der Waals surface area contributed by atoms with Gasteiger partial charge in [0.1, 0.15) is 5.84 Å². The van der Waals surface area contributed by atoms with Gasteiger partial charge in [-0.3, -0.25) is 15.1 Å². The summed E-state index contributed by atoms with van der Waals surface area (Å²) < 4.78 is 0. The van der Waals surface area contributed by atoms with Crippen molar-refractivity contribution in [1.82, 2.24) is 0 Å². The van der Waals surface area contributed by atoms with Crippen molar-refractivity contribution >= 4 is 69.3 Å². The lowest BCUT2D eigenvalue weighted by atomic mass is 10.2. The Balaban J connectivity index is 1.86. The van der Waals surface area contributed by atoms with E-state index >= 15 is 0 Å². The van der Waals surface area contributed by atoms with E-state index in [0.29, 0.717) is 50.3 Å². The lowest BCUT2D eigenvalue weighted by Gasteiger charge is -2.17. The van der Waals surface area contributed by atoms with Gasteiger partial charge in [-0.05, 0) is 18.2 Å².